The van der Waals surface area contributed by atoms with Crippen LogP contribution in [-0.4, -0.2) is 19.1 Å². The molecule has 1 aliphatic heterocycles. The second kappa shape index (κ2) is 6.23. The normalized spacial score (nSPS) is 20.5. The summed E-state index contributed by atoms with van der Waals surface area (Å²) < 4.78 is 0. The average Bonchev–Trinajstić information content (AvgIpc) is 2.18. The summed E-state index contributed by atoms with van der Waals surface area (Å²) in [6.45, 7) is 9.63. The third kappa shape index (κ3) is 4.28. The average molecular weight is 196 g/mol. The molecule has 0 radical (unpaired) electrons. The summed E-state index contributed by atoms with van der Waals surface area (Å²) in [5.74, 6) is 0. The van der Waals surface area contributed by atoms with Crippen LogP contribution in [0.15, 0.2) is 11.6 Å². The van der Waals surface area contributed by atoms with Crippen molar-refractivity contribution in [3.8, 4) is 0 Å². The number of rotatable bonds is 4. The topological polar surface area (TPSA) is 4.44 Å². The molecule has 0 aromatic rings. The maximum absolute atomic E-state index is 2.42. The van der Waals surface area contributed by atoms with Gasteiger partial charge in [0.2, 0.25) is 0 Å². The van der Waals surface area contributed by atoms with E-state index in [1.54, 1.807) is 0 Å². The number of piperidine rings is 1. The lowest BCUT2D eigenvalue weighted by molar-refractivity contribution is -0.928. The first-order valence-corrected chi connectivity index (χ1v) is 6.18. The standard InChI is InChI=1S/C13H25N/c1-12(2)8-7-9-13(3)14-10-5-4-6-11-14/h8,13H,4-7,9-11H2,1-3H3/p+1/t13-/m0/s1. The Hall–Kier alpha value is -0.300. The highest BCUT2D eigenvalue weighted by Crippen LogP contribution is 2.01. The van der Waals surface area contributed by atoms with Crippen LogP contribution < -0.4 is 4.90 Å². The molecule has 0 unspecified atom stereocenters. The predicted octanol–water partition coefficient (Wildman–Crippen LogP) is 2.19. The Bertz CT molecular complexity index is 174. The molecule has 14 heavy (non-hydrogen) atoms. The van der Waals surface area contributed by atoms with E-state index in [0.29, 0.717) is 0 Å². The molecule has 1 atom stereocenters. The number of hydrogen-bond acceptors (Lipinski definition) is 0. The Kier molecular flexibility index (Phi) is 5.24. The molecule has 1 nitrogen and oxygen atoms in total. The van der Waals surface area contributed by atoms with Crippen molar-refractivity contribution < 1.29 is 4.90 Å². The van der Waals surface area contributed by atoms with Crippen molar-refractivity contribution in [1.29, 1.82) is 0 Å². The fourth-order valence-electron chi connectivity index (χ4n) is 2.32. The third-order valence-corrected chi connectivity index (χ3v) is 3.34. The number of hydrogen-bond donors (Lipinski definition) is 1. The van der Waals surface area contributed by atoms with Crippen molar-refractivity contribution in [1.82, 2.24) is 0 Å². The van der Waals surface area contributed by atoms with Gasteiger partial charge in [0.05, 0.1) is 19.1 Å². The van der Waals surface area contributed by atoms with Crippen molar-refractivity contribution in [3.05, 3.63) is 11.6 Å². The van der Waals surface area contributed by atoms with Gasteiger partial charge in [-0.15, -0.1) is 0 Å². The first-order valence-electron chi connectivity index (χ1n) is 6.18. The number of allylic oxidation sites excluding steroid dienone is 2. The molecule has 0 bridgehead atoms. The van der Waals surface area contributed by atoms with Gasteiger partial charge in [-0.3, -0.25) is 0 Å². The lowest BCUT2D eigenvalue weighted by atomic mass is 10.1. The maximum atomic E-state index is 2.42. The summed E-state index contributed by atoms with van der Waals surface area (Å²) in [7, 11) is 0. The summed E-state index contributed by atoms with van der Waals surface area (Å²) in [6, 6.07) is 0.867. The first-order chi connectivity index (χ1) is 6.70. The van der Waals surface area contributed by atoms with Crippen LogP contribution in [0.4, 0.5) is 0 Å². The highest BCUT2D eigenvalue weighted by molar-refractivity contribution is 4.92. The molecule has 1 heterocycles. The SMILES string of the molecule is CC(C)=CCC[C@H](C)[NH+]1CCCCC1. The van der Waals surface area contributed by atoms with Crippen LogP contribution in [0.2, 0.25) is 0 Å². The molecule has 1 aliphatic rings. The van der Waals surface area contributed by atoms with E-state index in [4.69, 9.17) is 0 Å². The number of likely N-dealkylation sites (tertiary alicyclic amines) is 1. The molecule has 0 saturated carbocycles. The van der Waals surface area contributed by atoms with Gasteiger partial charge in [-0.05, 0) is 46.5 Å². The highest BCUT2D eigenvalue weighted by atomic mass is 15.1. The third-order valence-electron chi connectivity index (χ3n) is 3.34. The number of nitrogens with one attached hydrogen (secondary N) is 1. The lowest BCUT2D eigenvalue weighted by Crippen LogP contribution is -3.16. The van der Waals surface area contributed by atoms with E-state index < -0.39 is 0 Å². The quantitative estimate of drug-likeness (QED) is 0.657. The molecule has 1 rings (SSSR count). The van der Waals surface area contributed by atoms with Gasteiger partial charge < -0.3 is 4.90 Å². The zero-order valence-corrected chi connectivity index (χ0v) is 10.1. The van der Waals surface area contributed by atoms with Crippen LogP contribution in [-0.2, 0) is 0 Å². The maximum Gasteiger partial charge on any atom is 0.0849 e. The zero-order valence-electron chi connectivity index (χ0n) is 10.1. The molecule has 1 fully saturated rings. The van der Waals surface area contributed by atoms with E-state index in [9.17, 15) is 0 Å². The first kappa shape index (κ1) is 11.8. The summed E-state index contributed by atoms with van der Waals surface area (Å²) >= 11 is 0. The molecule has 0 spiro atoms. The molecule has 1 heteroatoms. The minimum absolute atomic E-state index is 0.867. The molecule has 1 saturated heterocycles. The van der Waals surface area contributed by atoms with Crippen LogP contribution in [0, 0.1) is 0 Å². The van der Waals surface area contributed by atoms with Gasteiger partial charge in [-0.1, -0.05) is 11.6 Å². The van der Waals surface area contributed by atoms with Crippen LogP contribution in [0.1, 0.15) is 52.9 Å². The molecule has 0 aromatic carbocycles. The van der Waals surface area contributed by atoms with E-state index in [1.165, 1.54) is 50.8 Å². The minimum atomic E-state index is 0.867. The molecule has 1 N–H and O–H groups in total. The predicted molar refractivity (Wildman–Crippen MR) is 62.7 cm³/mol. The summed E-state index contributed by atoms with van der Waals surface area (Å²) in [5.41, 5.74) is 1.46. The Morgan fingerprint density at radius 2 is 1.86 bits per heavy atom. The Morgan fingerprint density at radius 1 is 1.21 bits per heavy atom. The van der Waals surface area contributed by atoms with E-state index in [2.05, 4.69) is 26.8 Å². The fraction of sp³-hybridized carbons (Fsp3) is 0.846. The van der Waals surface area contributed by atoms with Crippen molar-refractivity contribution in [3.63, 3.8) is 0 Å². The summed E-state index contributed by atoms with van der Waals surface area (Å²) in [5, 5.41) is 0. The molecular formula is C13H26N+. The second-order valence-corrected chi connectivity index (χ2v) is 4.98. The van der Waals surface area contributed by atoms with Gasteiger partial charge in [-0.2, -0.15) is 0 Å². The molecule has 0 aromatic heterocycles. The fourth-order valence-corrected chi connectivity index (χ4v) is 2.32. The van der Waals surface area contributed by atoms with Crippen LogP contribution in [0.5, 0.6) is 0 Å². The van der Waals surface area contributed by atoms with Gasteiger partial charge in [-0.25, -0.2) is 0 Å². The smallest absolute Gasteiger partial charge is 0.0849 e. The van der Waals surface area contributed by atoms with Crippen molar-refractivity contribution >= 4 is 0 Å². The van der Waals surface area contributed by atoms with E-state index in [1.807, 2.05) is 4.90 Å². The highest BCUT2D eigenvalue weighted by Gasteiger charge is 2.19. The van der Waals surface area contributed by atoms with E-state index in [0.717, 1.165) is 6.04 Å². The van der Waals surface area contributed by atoms with Gasteiger partial charge in [0.25, 0.3) is 0 Å². The van der Waals surface area contributed by atoms with Crippen molar-refractivity contribution in [2.75, 3.05) is 13.1 Å². The van der Waals surface area contributed by atoms with Gasteiger partial charge in [0, 0.05) is 6.42 Å². The van der Waals surface area contributed by atoms with E-state index >= 15 is 0 Å². The van der Waals surface area contributed by atoms with E-state index in [-0.39, 0.29) is 0 Å². The van der Waals surface area contributed by atoms with Gasteiger partial charge in [0.1, 0.15) is 0 Å². The molecule has 82 valence electrons. The zero-order chi connectivity index (χ0) is 10.4. The van der Waals surface area contributed by atoms with Gasteiger partial charge >= 0.3 is 0 Å². The van der Waals surface area contributed by atoms with Crippen LogP contribution in [0.3, 0.4) is 0 Å². The molecule has 0 amide bonds. The van der Waals surface area contributed by atoms with Crippen molar-refractivity contribution in [2.24, 2.45) is 0 Å². The monoisotopic (exact) mass is 196 g/mol. The van der Waals surface area contributed by atoms with Gasteiger partial charge in [0.15, 0.2) is 0 Å². The minimum Gasteiger partial charge on any atom is -0.333 e. The Labute approximate surface area is 89.2 Å². The molecule has 0 aliphatic carbocycles. The van der Waals surface area contributed by atoms with Crippen LogP contribution in [0.25, 0.3) is 0 Å². The largest absolute Gasteiger partial charge is 0.333 e. The molecular weight excluding hydrogens is 170 g/mol. The van der Waals surface area contributed by atoms with Crippen LogP contribution >= 0.6 is 0 Å². The Balaban J connectivity index is 2.19. The lowest BCUT2D eigenvalue weighted by Gasteiger charge is -2.29. The Morgan fingerprint density at radius 3 is 2.43 bits per heavy atom. The second-order valence-electron chi connectivity index (χ2n) is 4.98. The summed E-state index contributed by atoms with van der Waals surface area (Å²) in [4.78, 5) is 1.85. The van der Waals surface area contributed by atoms with Crippen molar-refractivity contribution in [2.45, 2.75) is 58.9 Å². The summed E-state index contributed by atoms with van der Waals surface area (Å²) in [6.07, 6.45) is 9.36. The number of quaternary nitrogens is 1.